The number of carbonyl (C=O) groups excluding carboxylic acids is 5. The number of rotatable bonds is 7. The van der Waals surface area contributed by atoms with Crippen LogP contribution in [0, 0.1) is 0 Å². The Kier molecular flexibility index (Phi) is 7.44. The van der Waals surface area contributed by atoms with E-state index in [1.165, 1.54) is 0 Å². The largest absolute Gasteiger partial charge is 0.460 e. The topological polar surface area (TPSA) is 116 Å². The van der Waals surface area contributed by atoms with Crippen molar-refractivity contribution in [3.05, 3.63) is 29.3 Å². The van der Waals surface area contributed by atoms with Crippen LogP contribution < -0.4 is 10.2 Å². The quantitative estimate of drug-likeness (QED) is 0.343. The molecule has 1 aromatic rings. The van der Waals surface area contributed by atoms with Crippen LogP contribution >= 0.6 is 0 Å². The number of anilines is 1. The van der Waals surface area contributed by atoms with Gasteiger partial charge in [-0.3, -0.25) is 39.1 Å². The molecule has 0 spiro atoms. The third-order valence-electron chi connectivity index (χ3n) is 6.69. The van der Waals surface area contributed by atoms with Crippen molar-refractivity contribution in [2.45, 2.75) is 64.5 Å². The van der Waals surface area contributed by atoms with Crippen molar-refractivity contribution in [1.29, 1.82) is 0 Å². The van der Waals surface area contributed by atoms with Gasteiger partial charge in [-0.1, -0.05) is 0 Å². The average molecular weight is 499 g/mol. The number of ether oxygens (including phenoxy) is 1. The number of unbranched alkanes of at least 4 members (excludes halogenated alkanes) is 1. The van der Waals surface area contributed by atoms with Crippen LogP contribution in [0.3, 0.4) is 0 Å². The molecule has 2 fully saturated rings. The van der Waals surface area contributed by atoms with E-state index in [0.717, 1.165) is 56.2 Å². The first-order chi connectivity index (χ1) is 17.0. The summed E-state index contributed by atoms with van der Waals surface area (Å²) >= 11 is 0. The van der Waals surface area contributed by atoms with Crippen molar-refractivity contribution >= 4 is 35.3 Å². The van der Waals surface area contributed by atoms with Gasteiger partial charge in [0.15, 0.2) is 0 Å². The molecule has 1 atom stereocenters. The van der Waals surface area contributed by atoms with E-state index in [-0.39, 0.29) is 24.4 Å². The minimum Gasteiger partial charge on any atom is -0.460 e. The molecule has 1 aromatic carbocycles. The van der Waals surface area contributed by atoms with Gasteiger partial charge in [-0.15, -0.1) is 0 Å². The van der Waals surface area contributed by atoms with Gasteiger partial charge < -0.3 is 9.64 Å². The molecule has 3 aliphatic heterocycles. The Hall–Kier alpha value is -3.27. The molecule has 1 unspecified atom stereocenters. The van der Waals surface area contributed by atoms with Crippen LogP contribution in [0.1, 0.15) is 73.6 Å². The Labute approximate surface area is 210 Å². The van der Waals surface area contributed by atoms with Crippen LogP contribution in [-0.2, 0) is 19.1 Å². The van der Waals surface area contributed by atoms with Crippen LogP contribution in [0.4, 0.5) is 5.69 Å². The summed E-state index contributed by atoms with van der Waals surface area (Å²) in [5.41, 5.74) is 1.000. The summed E-state index contributed by atoms with van der Waals surface area (Å²) < 4.78 is 5.35. The Balaban J connectivity index is 1.29. The predicted molar refractivity (Wildman–Crippen MR) is 131 cm³/mol. The minimum absolute atomic E-state index is 0.0976. The maximum absolute atomic E-state index is 13.1. The molecule has 0 bridgehead atoms. The molecule has 10 nitrogen and oxygen atoms in total. The van der Waals surface area contributed by atoms with Crippen molar-refractivity contribution < 1.29 is 28.7 Å². The molecule has 3 heterocycles. The van der Waals surface area contributed by atoms with E-state index < -0.39 is 35.3 Å². The SMILES string of the molecule is CC(C)(C)OC(=O)CCCCN1CCN(c2ccc3c(c2)C(=O)N(C2CCC(=O)NC2=O)C3=O)CC1. The predicted octanol–water partition coefficient (Wildman–Crippen LogP) is 1.72. The normalized spacial score (nSPS) is 21.0. The smallest absolute Gasteiger partial charge is 0.306 e. The number of hydrogen-bond donors (Lipinski definition) is 1. The van der Waals surface area contributed by atoms with Crippen LogP contribution in [0.2, 0.25) is 0 Å². The van der Waals surface area contributed by atoms with Gasteiger partial charge in [0.25, 0.3) is 11.8 Å². The van der Waals surface area contributed by atoms with Gasteiger partial charge in [0, 0.05) is 44.7 Å². The Morgan fingerprint density at radius 3 is 2.36 bits per heavy atom. The van der Waals surface area contributed by atoms with E-state index in [4.69, 9.17) is 4.74 Å². The number of carbonyl (C=O) groups is 5. The summed E-state index contributed by atoms with van der Waals surface area (Å²) in [6, 6.07) is 4.27. The number of benzene rings is 1. The summed E-state index contributed by atoms with van der Waals surface area (Å²) in [4.78, 5) is 67.1. The van der Waals surface area contributed by atoms with Crippen LogP contribution in [0.15, 0.2) is 18.2 Å². The lowest BCUT2D eigenvalue weighted by atomic mass is 10.0. The molecular formula is C26H34N4O6. The van der Waals surface area contributed by atoms with E-state index in [0.29, 0.717) is 12.0 Å². The highest BCUT2D eigenvalue weighted by molar-refractivity contribution is 6.23. The highest BCUT2D eigenvalue weighted by atomic mass is 16.6. The van der Waals surface area contributed by atoms with Crippen molar-refractivity contribution in [2.75, 3.05) is 37.6 Å². The molecule has 10 heteroatoms. The molecule has 3 aliphatic rings. The molecule has 2 saturated heterocycles. The van der Waals surface area contributed by atoms with E-state index in [9.17, 15) is 24.0 Å². The zero-order valence-corrected chi connectivity index (χ0v) is 21.2. The molecule has 36 heavy (non-hydrogen) atoms. The summed E-state index contributed by atoms with van der Waals surface area (Å²) in [6.07, 6.45) is 2.38. The second-order valence-corrected chi connectivity index (χ2v) is 10.5. The Bertz CT molecular complexity index is 1070. The summed E-state index contributed by atoms with van der Waals surface area (Å²) in [6.45, 7) is 9.80. The minimum atomic E-state index is -0.961. The fourth-order valence-corrected chi connectivity index (χ4v) is 4.88. The summed E-state index contributed by atoms with van der Waals surface area (Å²) in [5, 5.41) is 2.21. The Morgan fingerprint density at radius 1 is 1.00 bits per heavy atom. The first kappa shape index (κ1) is 25.8. The molecule has 0 radical (unpaired) electrons. The van der Waals surface area contributed by atoms with Crippen molar-refractivity contribution in [2.24, 2.45) is 0 Å². The first-order valence-corrected chi connectivity index (χ1v) is 12.6. The molecule has 4 rings (SSSR count). The number of piperazine rings is 1. The van der Waals surface area contributed by atoms with E-state index >= 15 is 0 Å². The van der Waals surface area contributed by atoms with E-state index in [1.807, 2.05) is 26.8 Å². The summed E-state index contributed by atoms with van der Waals surface area (Å²) in [7, 11) is 0. The molecule has 0 aliphatic carbocycles. The van der Waals surface area contributed by atoms with Gasteiger partial charge >= 0.3 is 5.97 Å². The number of nitrogens with zero attached hydrogens (tertiary/aromatic N) is 3. The average Bonchev–Trinajstić information content (AvgIpc) is 3.06. The number of nitrogens with one attached hydrogen (secondary N) is 1. The molecule has 0 saturated carbocycles. The third-order valence-corrected chi connectivity index (χ3v) is 6.69. The number of fused-ring (bicyclic) bond motifs is 1. The summed E-state index contributed by atoms with van der Waals surface area (Å²) in [5.74, 6) is -2.14. The monoisotopic (exact) mass is 498 g/mol. The number of imide groups is 2. The zero-order chi connectivity index (χ0) is 26.0. The van der Waals surface area contributed by atoms with Crippen molar-refractivity contribution in [3.63, 3.8) is 0 Å². The molecule has 194 valence electrons. The second kappa shape index (κ2) is 10.4. The van der Waals surface area contributed by atoms with Crippen LogP contribution in [-0.4, -0.2) is 83.8 Å². The van der Waals surface area contributed by atoms with Crippen molar-refractivity contribution in [3.8, 4) is 0 Å². The molecule has 0 aromatic heterocycles. The van der Waals surface area contributed by atoms with Gasteiger partial charge in [-0.05, 0) is 64.8 Å². The van der Waals surface area contributed by atoms with Gasteiger partial charge in [-0.25, -0.2) is 0 Å². The third kappa shape index (κ3) is 5.75. The Morgan fingerprint density at radius 2 is 1.69 bits per heavy atom. The van der Waals surface area contributed by atoms with Gasteiger partial charge in [0.1, 0.15) is 11.6 Å². The molecular weight excluding hydrogens is 464 g/mol. The highest BCUT2D eigenvalue weighted by Crippen LogP contribution is 2.31. The molecule has 4 amide bonds. The highest BCUT2D eigenvalue weighted by Gasteiger charge is 2.44. The second-order valence-electron chi connectivity index (χ2n) is 10.5. The van der Waals surface area contributed by atoms with Crippen molar-refractivity contribution in [1.82, 2.24) is 15.1 Å². The number of piperidine rings is 1. The van der Waals surface area contributed by atoms with Crippen LogP contribution in [0.5, 0.6) is 0 Å². The standard InChI is InChI=1S/C26H34N4O6/c1-26(2,3)36-22(32)6-4-5-11-28-12-14-29(15-13-28)17-7-8-18-19(16-17)25(35)30(24(18)34)20-9-10-21(31)27-23(20)33/h7-8,16,20H,4-6,9-15H2,1-3H3,(H,27,31,33). The lowest BCUT2D eigenvalue weighted by Gasteiger charge is -2.36. The van der Waals surface area contributed by atoms with Gasteiger partial charge in [-0.2, -0.15) is 0 Å². The van der Waals surface area contributed by atoms with Gasteiger partial charge in [0.05, 0.1) is 11.1 Å². The van der Waals surface area contributed by atoms with E-state index in [2.05, 4.69) is 15.1 Å². The number of amides is 4. The number of hydrogen-bond acceptors (Lipinski definition) is 8. The first-order valence-electron chi connectivity index (χ1n) is 12.6. The maximum Gasteiger partial charge on any atom is 0.306 e. The lowest BCUT2D eigenvalue weighted by Crippen LogP contribution is -2.54. The van der Waals surface area contributed by atoms with E-state index in [1.54, 1.807) is 12.1 Å². The maximum atomic E-state index is 13.1. The number of esters is 1. The fourth-order valence-electron chi connectivity index (χ4n) is 4.88. The zero-order valence-electron chi connectivity index (χ0n) is 21.2. The van der Waals surface area contributed by atoms with Crippen LogP contribution in [0.25, 0.3) is 0 Å². The molecule has 1 N–H and O–H groups in total. The van der Waals surface area contributed by atoms with Gasteiger partial charge in [0.2, 0.25) is 11.8 Å². The lowest BCUT2D eigenvalue weighted by molar-refractivity contribution is -0.155. The fraction of sp³-hybridized carbons (Fsp3) is 0.577.